The average Bonchev–Trinajstić information content (AvgIpc) is 2.68. The number of alkyl halides is 3. The molecule has 27 heavy (non-hydrogen) atoms. The van der Waals surface area contributed by atoms with E-state index in [1.165, 1.54) is 44.1 Å². The van der Waals surface area contributed by atoms with Crippen LogP contribution in [0, 0.1) is 11.8 Å². The number of benzene rings is 1. The molecule has 0 radical (unpaired) electrons. The van der Waals surface area contributed by atoms with Gasteiger partial charge in [0.1, 0.15) is 12.2 Å². The second kappa shape index (κ2) is 8.64. The van der Waals surface area contributed by atoms with Crippen LogP contribution in [0.3, 0.4) is 0 Å². The molecule has 2 aliphatic carbocycles. The number of allylic oxidation sites excluding steroid dienone is 2. The fraction of sp³-hybridized carbons (Fsp3) is 0.565. The SMILES string of the molecule is CCCC1CCC(C2=CCC(OCC(F)(F)F)(c3ccccc3)C=C2)CC1. The first-order valence-electron chi connectivity index (χ1n) is 10.1. The third-order valence-electron chi connectivity index (χ3n) is 5.96. The van der Waals surface area contributed by atoms with Gasteiger partial charge in [0.15, 0.2) is 0 Å². The molecule has 148 valence electrons. The zero-order valence-corrected chi connectivity index (χ0v) is 16.0. The molecule has 1 saturated carbocycles. The van der Waals surface area contributed by atoms with E-state index in [1.807, 2.05) is 42.5 Å². The Morgan fingerprint density at radius 2 is 1.78 bits per heavy atom. The Morgan fingerprint density at radius 1 is 1.07 bits per heavy atom. The van der Waals surface area contributed by atoms with E-state index in [0.29, 0.717) is 12.3 Å². The van der Waals surface area contributed by atoms with Crippen LogP contribution in [0.25, 0.3) is 0 Å². The molecule has 0 spiro atoms. The summed E-state index contributed by atoms with van der Waals surface area (Å²) in [7, 11) is 0. The lowest BCUT2D eigenvalue weighted by Crippen LogP contribution is -2.33. The van der Waals surface area contributed by atoms with Crippen molar-refractivity contribution in [1.29, 1.82) is 0 Å². The van der Waals surface area contributed by atoms with Crippen molar-refractivity contribution in [3.05, 3.63) is 59.7 Å². The van der Waals surface area contributed by atoms with Crippen molar-refractivity contribution in [3.63, 3.8) is 0 Å². The number of hydrogen-bond acceptors (Lipinski definition) is 1. The predicted octanol–water partition coefficient (Wildman–Crippen LogP) is 6.95. The van der Waals surface area contributed by atoms with Crippen LogP contribution in [0.2, 0.25) is 0 Å². The van der Waals surface area contributed by atoms with Crippen LogP contribution in [0.4, 0.5) is 13.2 Å². The van der Waals surface area contributed by atoms with Crippen molar-refractivity contribution in [2.45, 2.75) is 63.6 Å². The van der Waals surface area contributed by atoms with Crippen LogP contribution < -0.4 is 0 Å². The molecule has 1 aromatic carbocycles. The summed E-state index contributed by atoms with van der Waals surface area (Å²) in [6.45, 7) is 1.00. The van der Waals surface area contributed by atoms with Crippen molar-refractivity contribution in [2.75, 3.05) is 6.61 Å². The lowest BCUT2D eigenvalue weighted by atomic mass is 9.74. The first-order valence-corrected chi connectivity index (χ1v) is 10.1. The lowest BCUT2D eigenvalue weighted by molar-refractivity contribution is -0.199. The topological polar surface area (TPSA) is 9.23 Å². The van der Waals surface area contributed by atoms with E-state index < -0.39 is 18.4 Å². The molecule has 0 aromatic heterocycles. The summed E-state index contributed by atoms with van der Waals surface area (Å²) < 4.78 is 43.8. The van der Waals surface area contributed by atoms with Gasteiger partial charge in [-0.25, -0.2) is 0 Å². The van der Waals surface area contributed by atoms with Gasteiger partial charge in [-0.3, -0.25) is 0 Å². The molecular formula is C23H29F3O. The first-order chi connectivity index (χ1) is 12.9. The number of ether oxygens (including phenoxy) is 1. The maximum absolute atomic E-state index is 12.8. The minimum atomic E-state index is -4.34. The molecule has 1 unspecified atom stereocenters. The molecule has 0 aliphatic heterocycles. The minimum Gasteiger partial charge on any atom is -0.356 e. The highest BCUT2D eigenvalue weighted by atomic mass is 19.4. The standard InChI is InChI=1S/C23H29F3O/c1-2-6-18-9-11-19(12-10-18)20-13-15-22(16-14-20,27-17-23(24,25)26)21-7-4-3-5-8-21/h3-5,7-8,13-15,18-19H,2,6,9-12,16-17H2,1H3. The van der Waals surface area contributed by atoms with Crippen molar-refractivity contribution < 1.29 is 17.9 Å². The van der Waals surface area contributed by atoms with Crippen molar-refractivity contribution in [3.8, 4) is 0 Å². The normalized spacial score (nSPS) is 28.8. The summed E-state index contributed by atoms with van der Waals surface area (Å²) in [5.41, 5.74) is 1.01. The van der Waals surface area contributed by atoms with Crippen LogP contribution in [0.5, 0.6) is 0 Å². The van der Waals surface area contributed by atoms with Crippen LogP contribution in [0.15, 0.2) is 54.1 Å². The third-order valence-corrected chi connectivity index (χ3v) is 5.96. The molecular weight excluding hydrogens is 349 g/mol. The predicted molar refractivity (Wildman–Crippen MR) is 102 cm³/mol. The Labute approximate surface area is 160 Å². The van der Waals surface area contributed by atoms with Crippen LogP contribution >= 0.6 is 0 Å². The molecule has 3 rings (SSSR count). The van der Waals surface area contributed by atoms with Gasteiger partial charge in [-0.05, 0) is 54.7 Å². The Hall–Kier alpha value is -1.55. The molecule has 0 N–H and O–H groups in total. The zero-order chi connectivity index (χ0) is 19.3. The minimum absolute atomic E-state index is 0.452. The second-order valence-electron chi connectivity index (χ2n) is 7.91. The fourth-order valence-corrected chi connectivity index (χ4v) is 4.47. The van der Waals surface area contributed by atoms with Gasteiger partial charge >= 0.3 is 6.18 Å². The number of hydrogen-bond donors (Lipinski definition) is 0. The molecule has 2 aliphatic rings. The Bertz CT molecular complexity index is 654. The van der Waals surface area contributed by atoms with Gasteiger partial charge in [0.2, 0.25) is 0 Å². The van der Waals surface area contributed by atoms with Crippen LogP contribution in [0.1, 0.15) is 57.4 Å². The van der Waals surface area contributed by atoms with Gasteiger partial charge in [-0.1, -0.05) is 62.2 Å². The summed E-state index contributed by atoms with van der Waals surface area (Å²) >= 11 is 0. The van der Waals surface area contributed by atoms with Crippen LogP contribution in [-0.4, -0.2) is 12.8 Å². The van der Waals surface area contributed by atoms with Gasteiger partial charge in [-0.2, -0.15) is 13.2 Å². The molecule has 1 nitrogen and oxygen atoms in total. The third kappa shape index (κ3) is 5.25. The fourth-order valence-electron chi connectivity index (χ4n) is 4.47. The highest BCUT2D eigenvalue weighted by molar-refractivity contribution is 5.37. The molecule has 4 heteroatoms. The summed E-state index contributed by atoms with van der Waals surface area (Å²) in [5.74, 6) is 1.38. The largest absolute Gasteiger partial charge is 0.411 e. The highest BCUT2D eigenvalue weighted by Gasteiger charge is 2.38. The molecule has 1 atom stereocenters. The van der Waals surface area contributed by atoms with Gasteiger partial charge in [0.05, 0.1) is 0 Å². The second-order valence-corrected chi connectivity index (χ2v) is 7.91. The van der Waals surface area contributed by atoms with Crippen molar-refractivity contribution in [2.24, 2.45) is 11.8 Å². The van der Waals surface area contributed by atoms with Gasteiger partial charge in [0, 0.05) is 6.42 Å². The zero-order valence-electron chi connectivity index (χ0n) is 16.0. The van der Waals surface area contributed by atoms with E-state index in [9.17, 15) is 13.2 Å². The van der Waals surface area contributed by atoms with Crippen LogP contribution in [-0.2, 0) is 10.3 Å². The quantitative estimate of drug-likeness (QED) is 0.520. The van der Waals surface area contributed by atoms with E-state index in [2.05, 4.69) is 13.0 Å². The maximum Gasteiger partial charge on any atom is 0.411 e. The van der Waals surface area contributed by atoms with E-state index in [0.717, 1.165) is 11.5 Å². The Kier molecular flexibility index (Phi) is 6.46. The molecule has 0 bridgehead atoms. The van der Waals surface area contributed by atoms with Gasteiger partial charge in [-0.15, -0.1) is 0 Å². The average molecular weight is 378 g/mol. The molecule has 1 aromatic rings. The summed E-state index contributed by atoms with van der Waals surface area (Å²) in [6, 6.07) is 9.24. The van der Waals surface area contributed by atoms with E-state index in [4.69, 9.17) is 4.74 Å². The Morgan fingerprint density at radius 3 is 2.33 bits per heavy atom. The van der Waals surface area contributed by atoms with Gasteiger partial charge in [0.25, 0.3) is 0 Å². The summed E-state index contributed by atoms with van der Waals surface area (Å²) in [6.07, 6.45) is 9.53. The number of halogens is 3. The molecule has 1 fully saturated rings. The smallest absolute Gasteiger partial charge is 0.356 e. The van der Waals surface area contributed by atoms with E-state index in [1.54, 1.807) is 0 Å². The Balaban J connectivity index is 1.71. The van der Waals surface area contributed by atoms with E-state index >= 15 is 0 Å². The maximum atomic E-state index is 12.8. The summed E-state index contributed by atoms with van der Waals surface area (Å²) in [5, 5.41) is 0. The van der Waals surface area contributed by atoms with Gasteiger partial charge < -0.3 is 4.74 Å². The molecule has 0 amide bonds. The van der Waals surface area contributed by atoms with Crippen molar-refractivity contribution in [1.82, 2.24) is 0 Å². The van der Waals surface area contributed by atoms with Crippen molar-refractivity contribution >= 4 is 0 Å². The monoisotopic (exact) mass is 378 g/mol. The number of rotatable bonds is 6. The highest BCUT2D eigenvalue weighted by Crippen LogP contribution is 2.41. The molecule has 0 heterocycles. The molecule has 0 saturated heterocycles. The lowest BCUT2D eigenvalue weighted by Gasteiger charge is -2.36. The van der Waals surface area contributed by atoms with E-state index in [-0.39, 0.29) is 0 Å². The summed E-state index contributed by atoms with van der Waals surface area (Å²) in [4.78, 5) is 0. The first kappa shape index (κ1) is 20.2.